The van der Waals surface area contributed by atoms with Crippen LogP contribution < -0.4 is 5.73 Å². The number of halogens is 1. The highest BCUT2D eigenvalue weighted by Gasteiger charge is 2.04. The van der Waals surface area contributed by atoms with Gasteiger partial charge in [-0.15, -0.1) is 0 Å². The molecule has 0 unspecified atom stereocenters. The van der Waals surface area contributed by atoms with Crippen LogP contribution in [0.25, 0.3) is 11.3 Å². The summed E-state index contributed by atoms with van der Waals surface area (Å²) in [5.41, 5.74) is 7.83. The Bertz CT molecular complexity index is 448. The van der Waals surface area contributed by atoms with Gasteiger partial charge in [-0.05, 0) is 30.7 Å². The fourth-order valence-corrected chi connectivity index (χ4v) is 1.89. The Morgan fingerprint density at radius 2 is 2.00 bits per heavy atom. The van der Waals surface area contributed by atoms with E-state index in [1.54, 1.807) is 0 Å². The van der Waals surface area contributed by atoms with E-state index in [1.807, 2.05) is 24.7 Å². The molecule has 16 heavy (non-hydrogen) atoms. The molecule has 0 radical (unpaired) electrons. The van der Waals surface area contributed by atoms with Crippen LogP contribution in [-0.4, -0.2) is 16.1 Å². The van der Waals surface area contributed by atoms with Gasteiger partial charge in [0.25, 0.3) is 0 Å². The van der Waals surface area contributed by atoms with E-state index in [0.29, 0.717) is 6.54 Å². The summed E-state index contributed by atoms with van der Waals surface area (Å²) in [6, 6.07) is 8.24. The maximum atomic E-state index is 5.51. The van der Waals surface area contributed by atoms with Crippen LogP contribution >= 0.6 is 15.9 Å². The minimum atomic E-state index is 0.706. The molecule has 1 aromatic heterocycles. The molecule has 0 aliphatic carbocycles. The second kappa shape index (κ2) is 5.27. The zero-order valence-electron chi connectivity index (χ0n) is 8.94. The van der Waals surface area contributed by atoms with E-state index in [0.717, 1.165) is 23.1 Å². The molecule has 2 rings (SSSR count). The molecule has 0 fully saturated rings. The fourth-order valence-electron chi connectivity index (χ4n) is 1.62. The van der Waals surface area contributed by atoms with Crippen LogP contribution in [0.4, 0.5) is 0 Å². The monoisotopic (exact) mass is 279 g/mol. The smallest absolute Gasteiger partial charge is 0.0950 e. The van der Waals surface area contributed by atoms with E-state index in [1.165, 1.54) is 5.56 Å². The van der Waals surface area contributed by atoms with Crippen LogP contribution in [0.5, 0.6) is 0 Å². The molecule has 0 aliphatic rings. The van der Waals surface area contributed by atoms with Crippen molar-refractivity contribution in [1.82, 2.24) is 9.55 Å². The maximum absolute atomic E-state index is 5.51. The van der Waals surface area contributed by atoms with Gasteiger partial charge in [-0.3, -0.25) is 0 Å². The van der Waals surface area contributed by atoms with Gasteiger partial charge in [0.1, 0.15) is 0 Å². The Hall–Kier alpha value is -1.13. The molecule has 4 heteroatoms. The van der Waals surface area contributed by atoms with E-state index in [2.05, 4.69) is 37.6 Å². The SMILES string of the molecule is NCCCn1cncc1-c1ccc(Br)cc1. The molecule has 0 aliphatic heterocycles. The first kappa shape index (κ1) is 11.4. The topological polar surface area (TPSA) is 43.8 Å². The number of nitrogens with zero attached hydrogens (tertiary/aromatic N) is 2. The number of rotatable bonds is 4. The number of hydrogen-bond acceptors (Lipinski definition) is 2. The minimum Gasteiger partial charge on any atom is -0.331 e. The number of benzene rings is 1. The predicted octanol–water partition coefficient (Wildman–Crippen LogP) is 2.66. The lowest BCUT2D eigenvalue weighted by atomic mass is 10.2. The molecule has 0 amide bonds. The highest BCUT2D eigenvalue weighted by atomic mass is 79.9. The molecule has 2 N–H and O–H groups in total. The molecular formula is C12H14BrN3. The van der Waals surface area contributed by atoms with Crippen LogP contribution in [-0.2, 0) is 6.54 Å². The summed E-state index contributed by atoms with van der Waals surface area (Å²) in [6.07, 6.45) is 4.71. The van der Waals surface area contributed by atoms with Crippen molar-refractivity contribution in [2.75, 3.05) is 6.54 Å². The summed E-state index contributed by atoms with van der Waals surface area (Å²) in [5.74, 6) is 0. The van der Waals surface area contributed by atoms with Gasteiger partial charge in [0.2, 0.25) is 0 Å². The molecule has 0 saturated carbocycles. The summed E-state index contributed by atoms with van der Waals surface area (Å²) in [4.78, 5) is 4.18. The number of nitrogens with two attached hydrogens (primary N) is 1. The highest BCUT2D eigenvalue weighted by Crippen LogP contribution is 2.21. The Morgan fingerprint density at radius 1 is 1.25 bits per heavy atom. The zero-order chi connectivity index (χ0) is 11.4. The van der Waals surface area contributed by atoms with Crippen molar-refractivity contribution in [1.29, 1.82) is 0 Å². The molecule has 0 spiro atoms. The van der Waals surface area contributed by atoms with E-state index < -0.39 is 0 Å². The number of aryl methyl sites for hydroxylation is 1. The first-order valence-corrected chi connectivity index (χ1v) is 6.06. The summed E-state index contributed by atoms with van der Waals surface area (Å²) in [6.45, 7) is 1.62. The summed E-state index contributed by atoms with van der Waals surface area (Å²) in [7, 11) is 0. The van der Waals surface area contributed by atoms with Crippen LogP contribution in [0, 0.1) is 0 Å². The standard InChI is InChI=1S/C12H14BrN3/c13-11-4-2-10(3-5-11)12-8-15-9-16(12)7-1-6-14/h2-5,8-9H,1,6-7,14H2. The number of hydrogen-bond donors (Lipinski definition) is 1. The Kier molecular flexibility index (Phi) is 3.74. The second-order valence-electron chi connectivity index (χ2n) is 3.62. The van der Waals surface area contributed by atoms with Crippen molar-refractivity contribution in [2.24, 2.45) is 5.73 Å². The Balaban J connectivity index is 2.26. The normalized spacial score (nSPS) is 10.6. The molecular weight excluding hydrogens is 266 g/mol. The lowest BCUT2D eigenvalue weighted by Gasteiger charge is -2.07. The Labute approximate surface area is 103 Å². The maximum Gasteiger partial charge on any atom is 0.0950 e. The summed E-state index contributed by atoms with van der Waals surface area (Å²) < 4.78 is 3.22. The number of imidazole rings is 1. The van der Waals surface area contributed by atoms with Gasteiger partial charge < -0.3 is 10.3 Å². The van der Waals surface area contributed by atoms with Crippen molar-refractivity contribution in [3.63, 3.8) is 0 Å². The predicted molar refractivity (Wildman–Crippen MR) is 69.0 cm³/mol. The van der Waals surface area contributed by atoms with Crippen molar-refractivity contribution in [3.05, 3.63) is 41.3 Å². The third kappa shape index (κ3) is 2.51. The van der Waals surface area contributed by atoms with Gasteiger partial charge in [-0.1, -0.05) is 28.1 Å². The molecule has 2 aromatic rings. The van der Waals surface area contributed by atoms with Crippen LogP contribution in [0.15, 0.2) is 41.3 Å². The van der Waals surface area contributed by atoms with Crippen molar-refractivity contribution < 1.29 is 0 Å². The number of aromatic nitrogens is 2. The lowest BCUT2D eigenvalue weighted by Crippen LogP contribution is -2.05. The van der Waals surface area contributed by atoms with Crippen molar-refractivity contribution >= 4 is 15.9 Å². The van der Waals surface area contributed by atoms with Gasteiger partial charge in [-0.25, -0.2) is 4.98 Å². The quantitative estimate of drug-likeness (QED) is 0.935. The molecule has 0 saturated heterocycles. The van der Waals surface area contributed by atoms with Crippen LogP contribution in [0.2, 0.25) is 0 Å². The van der Waals surface area contributed by atoms with Gasteiger partial charge in [0.05, 0.1) is 18.2 Å². The van der Waals surface area contributed by atoms with Crippen molar-refractivity contribution in [2.45, 2.75) is 13.0 Å². The minimum absolute atomic E-state index is 0.706. The van der Waals surface area contributed by atoms with E-state index in [-0.39, 0.29) is 0 Å². The van der Waals surface area contributed by atoms with Crippen molar-refractivity contribution in [3.8, 4) is 11.3 Å². The third-order valence-electron chi connectivity index (χ3n) is 2.46. The van der Waals surface area contributed by atoms with Gasteiger partial charge in [0, 0.05) is 11.0 Å². The largest absolute Gasteiger partial charge is 0.331 e. The zero-order valence-corrected chi connectivity index (χ0v) is 10.5. The van der Waals surface area contributed by atoms with Gasteiger partial charge in [-0.2, -0.15) is 0 Å². The highest BCUT2D eigenvalue weighted by molar-refractivity contribution is 9.10. The fraction of sp³-hybridized carbons (Fsp3) is 0.250. The molecule has 84 valence electrons. The third-order valence-corrected chi connectivity index (χ3v) is 2.98. The molecule has 1 aromatic carbocycles. The first-order chi connectivity index (χ1) is 7.81. The second-order valence-corrected chi connectivity index (χ2v) is 4.54. The van der Waals surface area contributed by atoms with Crippen LogP contribution in [0.1, 0.15) is 6.42 Å². The van der Waals surface area contributed by atoms with Gasteiger partial charge >= 0.3 is 0 Å². The average Bonchev–Trinajstić information content (AvgIpc) is 2.75. The Morgan fingerprint density at radius 3 is 2.69 bits per heavy atom. The molecule has 1 heterocycles. The lowest BCUT2D eigenvalue weighted by molar-refractivity contribution is 0.655. The molecule has 3 nitrogen and oxygen atoms in total. The molecule has 0 bridgehead atoms. The first-order valence-electron chi connectivity index (χ1n) is 5.27. The van der Waals surface area contributed by atoms with E-state index in [4.69, 9.17) is 5.73 Å². The summed E-state index contributed by atoms with van der Waals surface area (Å²) >= 11 is 3.43. The van der Waals surface area contributed by atoms with E-state index >= 15 is 0 Å². The average molecular weight is 280 g/mol. The van der Waals surface area contributed by atoms with Gasteiger partial charge in [0.15, 0.2) is 0 Å². The van der Waals surface area contributed by atoms with E-state index in [9.17, 15) is 0 Å². The summed E-state index contributed by atoms with van der Waals surface area (Å²) in [5, 5.41) is 0. The van der Waals surface area contributed by atoms with Crippen LogP contribution in [0.3, 0.4) is 0 Å². The molecule has 0 atom stereocenters.